The highest BCUT2D eigenvalue weighted by atomic mass is 19.1. The van der Waals surface area contributed by atoms with Gasteiger partial charge in [-0.3, -0.25) is 4.79 Å². The van der Waals surface area contributed by atoms with E-state index in [1.54, 1.807) is 0 Å². The van der Waals surface area contributed by atoms with Crippen molar-refractivity contribution in [2.45, 2.75) is 24.4 Å². The smallest absolute Gasteiger partial charge is 0.360 e. The molecule has 1 saturated carbocycles. The summed E-state index contributed by atoms with van der Waals surface area (Å²) in [5.41, 5.74) is -0.471. The van der Waals surface area contributed by atoms with Crippen molar-refractivity contribution in [2.75, 3.05) is 14.2 Å². The molecule has 1 heterocycles. The molecule has 0 spiro atoms. The van der Waals surface area contributed by atoms with Gasteiger partial charge in [-0.1, -0.05) is 30.3 Å². The zero-order chi connectivity index (χ0) is 18.7. The molecule has 1 aliphatic rings. The van der Waals surface area contributed by atoms with E-state index in [1.807, 2.05) is 30.3 Å². The Morgan fingerprint density at radius 3 is 2.46 bits per heavy atom. The number of nitrogens with zero attached hydrogens (tertiary/aromatic N) is 1. The summed E-state index contributed by atoms with van der Waals surface area (Å²) in [5.74, 6) is -1.88. The van der Waals surface area contributed by atoms with Crippen LogP contribution in [0.3, 0.4) is 0 Å². The van der Waals surface area contributed by atoms with Gasteiger partial charge in [-0.05, 0) is 5.56 Å². The zero-order valence-electron chi connectivity index (χ0n) is 14.4. The van der Waals surface area contributed by atoms with Crippen LogP contribution in [0.4, 0.5) is 4.39 Å². The van der Waals surface area contributed by atoms with Gasteiger partial charge in [0, 0.05) is 18.9 Å². The monoisotopic (exact) mass is 359 g/mol. The lowest BCUT2D eigenvalue weighted by Crippen LogP contribution is -2.52. The number of hydrogen-bond donors (Lipinski definition) is 0. The van der Waals surface area contributed by atoms with Crippen molar-refractivity contribution in [1.82, 2.24) is 4.98 Å². The highest BCUT2D eigenvalue weighted by Gasteiger charge is 2.54. The summed E-state index contributed by atoms with van der Waals surface area (Å²) in [7, 11) is 2.70. The predicted molar refractivity (Wildman–Crippen MR) is 89.3 cm³/mol. The van der Waals surface area contributed by atoms with Crippen molar-refractivity contribution in [3.05, 3.63) is 59.7 Å². The second kappa shape index (κ2) is 7.11. The molecule has 1 aliphatic carbocycles. The summed E-state index contributed by atoms with van der Waals surface area (Å²) in [4.78, 5) is 28.2. The minimum Gasteiger partial charge on any atom is -0.495 e. The lowest BCUT2D eigenvalue weighted by atomic mass is 9.62. The maximum atomic E-state index is 13.9. The lowest BCUT2D eigenvalue weighted by Gasteiger charge is -2.44. The molecular formula is C19H18FNO5. The van der Waals surface area contributed by atoms with E-state index in [9.17, 15) is 14.0 Å². The number of esters is 2. The van der Waals surface area contributed by atoms with Crippen LogP contribution in [0.5, 0.6) is 5.75 Å². The molecule has 2 aromatic rings. The molecule has 0 N–H and O–H groups in total. The van der Waals surface area contributed by atoms with Gasteiger partial charge in [-0.2, -0.15) is 0 Å². The molecule has 0 bridgehead atoms. The van der Waals surface area contributed by atoms with E-state index in [1.165, 1.54) is 20.4 Å². The van der Waals surface area contributed by atoms with Gasteiger partial charge < -0.3 is 14.2 Å². The number of halogens is 1. The van der Waals surface area contributed by atoms with Crippen molar-refractivity contribution in [3.63, 3.8) is 0 Å². The van der Waals surface area contributed by atoms with Gasteiger partial charge in [-0.15, -0.1) is 0 Å². The fourth-order valence-electron chi connectivity index (χ4n) is 3.16. The third-order valence-corrected chi connectivity index (χ3v) is 4.57. The Morgan fingerprint density at radius 2 is 1.88 bits per heavy atom. The number of benzene rings is 1. The van der Waals surface area contributed by atoms with E-state index in [-0.39, 0.29) is 24.6 Å². The summed E-state index contributed by atoms with van der Waals surface area (Å²) >= 11 is 0. The maximum Gasteiger partial charge on any atom is 0.360 e. The van der Waals surface area contributed by atoms with E-state index in [0.29, 0.717) is 0 Å². The van der Waals surface area contributed by atoms with E-state index in [0.717, 1.165) is 11.6 Å². The van der Waals surface area contributed by atoms with Crippen LogP contribution in [0.1, 0.15) is 28.9 Å². The number of rotatable bonds is 5. The molecule has 0 radical (unpaired) electrons. The van der Waals surface area contributed by atoms with E-state index in [4.69, 9.17) is 14.2 Å². The van der Waals surface area contributed by atoms with Crippen LogP contribution in [-0.4, -0.2) is 37.2 Å². The molecule has 0 amide bonds. The fraction of sp³-hybridized carbons (Fsp3) is 0.316. The third kappa shape index (κ3) is 3.12. The third-order valence-electron chi connectivity index (χ3n) is 4.57. The summed E-state index contributed by atoms with van der Waals surface area (Å²) in [6, 6.07) is 10.2. The summed E-state index contributed by atoms with van der Waals surface area (Å²) < 4.78 is 29.0. The van der Waals surface area contributed by atoms with Gasteiger partial charge in [0.15, 0.2) is 11.5 Å². The summed E-state index contributed by atoms with van der Waals surface area (Å²) in [6.07, 6.45) is 1.26. The first kappa shape index (κ1) is 17.8. The summed E-state index contributed by atoms with van der Waals surface area (Å²) in [6.45, 7) is 0. The molecule has 26 heavy (non-hydrogen) atoms. The molecule has 6 nitrogen and oxygen atoms in total. The molecule has 136 valence electrons. The molecule has 0 unspecified atom stereocenters. The van der Waals surface area contributed by atoms with Crippen LogP contribution >= 0.6 is 0 Å². The number of pyridine rings is 1. The number of aromatic nitrogens is 1. The van der Waals surface area contributed by atoms with Crippen molar-refractivity contribution in [1.29, 1.82) is 0 Å². The first-order chi connectivity index (χ1) is 12.5. The minimum absolute atomic E-state index is 0.205. The first-order valence-corrected chi connectivity index (χ1v) is 8.04. The molecule has 1 aromatic heterocycles. The number of hydrogen-bond acceptors (Lipinski definition) is 6. The normalized spacial score (nSPS) is 21.4. The fourth-order valence-corrected chi connectivity index (χ4v) is 3.16. The van der Waals surface area contributed by atoms with Gasteiger partial charge in [0.2, 0.25) is 0 Å². The molecule has 7 heteroatoms. The Balaban J connectivity index is 1.72. The van der Waals surface area contributed by atoms with Crippen LogP contribution in [-0.2, 0) is 19.7 Å². The number of ether oxygens (including phenoxy) is 3. The van der Waals surface area contributed by atoms with Gasteiger partial charge in [0.05, 0.1) is 25.8 Å². The molecule has 0 atom stereocenters. The highest BCUT2D eigenvalue weighted by molar-refractivity contribution is 5.89. The molecular weight excluding hydrogens is 341 g/mol. The Labute approximate surface area is 149 Å². The Kier molecular flexibility index (Phi) is 4.88. The van der Waals surface area contributed by atoms with Gasteiger partial charge in [0.25, 0.3) is 0 Å². The second-order valence-corrected chi connectivity index (χ2v) is 6.08. The SMILES string of the molecule is COC(=O)C1(c2ccccc2)CC(OC(=O)c2ncc(OC)cc2F)C1. The average molecular weight is 359 g/mol. The minimum atomic E-state index is -0.873. The van der Waals surface area contributed by atoms with E-state index < -0.39 is 29.0 Å². The van der Waals surface area contributed by atoms with Crippen LogP contribution < -0.4 is 4.74 Å². The van der Waals surface area contributed by atoms with Crippen molar-refractivity contribution >= 4 is 11.9 Å². The molecule has 1 fully saturated rings. The average Bonchev–Trinajstić information content (AvgIpc) is 2.64. The van der Waals surface area contributed by atoms with Gasteiger partial charge >= 0.3 is 11.9 Å². The van der Waals surface area contributed by atoms with Gasteiger partial charge in [-0.25, -0.2) is 14.2 Å². The molecule has 3 rings (SSSR count). The number of carbonyl (C=O) groups is 2. The quantitative estimate of drug-likeness (QED) is 0.764. The summed E-state index contributed by atoms with van der Waals surface area (Å²) in [5, 5.41) is 0. The molecule has 0 aliphatic heterocycles. The van der Waals surface area contributed by atoms with Crippen molar-refractivity contribution < 1.29 is 28.2 Å². The Bertz CT molecular complexity index is 818. The topological polar surface area (TPSA) is 74.7 Å². The largest absolute Gasteiger partial charge is 0.495 e. The maximum absolute atomic E-state index is 13.9. The zero-order valence-corrected chi connectivity index (χ0v) is 14.4. The Hall–Kier alpha value is -2.96. The molecule has 1 aromatic carbocycles. The predicted octanol–water partition coefficient (Wildman–Crippen LogP) is 2.66. The molecule has 0 saturated heterocycles. The standard InChI is InChI=1S/C19H18FNO5/c1-24-13-8-15(20)16(21-11-13)17(22)26-14-9-19(10-14,18(23)25-2)12-6-4-3-5-7-12/h3-8,11,14H,9-10H2,1-2H3. The Morgan fingerprint density at radius 1 is 1.19 bits per heavy atom. The second-order valence-electron chi connectivity index (χ2n) is 6.08. The van der Waals surface area contributed by atoms with Crippen LogP contribution in [0.25, 0.3) is 0 Å². The number of carbonyl (C=O) groups excluding carboxylic acids is 2. The van der Waals surface area contributed by atoms with Gasteiger partial charge in [0.1, 0.15) is 11.9 Å². The van der Waals surface area contributed by atoms with Crippen molar-refractivity contribution in [3.8, 4) is 5.75 Å². The van der Waals surface area contributed by atoms with Crippen LogP contribution in [0.15, 0.2) is 42.6 Å². The van der Waals surface area contributed by atoms with Crippen LogP contribution in [0.2, 0.25) is 0 Å². The highest BCUT2D eigenvalue weighted by Crippen LogP contribution is 2.46. The van der Waals surface area contributed by atoms with E-state index >= 15 is 0 Å². The van der Waals surface area contributed by atoms with Crippen molar-refractivity contribution in [2.24, 2.45) is 0 Å². The first-order valence-electron chi connectivity index (χ1n) is 8.04. The number of methoxy groups -OCH3 is 2. The van der Waals surface area contributed by atoms with Crippen LogP contribution in [0, 0.1) is 5.82 Å². The lowest BCUT2D eigenvalue weighted by molar-refractivity contribution is -0.157. The van der Waals surface area contributed by atoms with E-state index in [2.05, 4.69) is 4.98 Å².